The molecular weight excluding hydrogens is 420 g/mol. The first-order valence-corrected chi connectivity index (χ1v) is 11.8. The smallest absolute Gasteiger partial charge is 0.262 e. The van der Waals surface area contributed by atoms with Gasteiger partial charge in [-0.1, -0.05) is 61.9 Å². The Bertz CT molecular complexity index is 1090. The monoisotopic (exact) mass is 446 g/mol. The molecule has 1 N–H and O–H groups in total. The molecule has 0 bridgehead atoms. The molecule has 1 aliphatic heterocycles. The number of nitrogens with zero attached hydrogens (tertiary/aromatic N) is 1. The van der Waals surface area contributed by atoms with Crippen LogP contribution in [-0.2, 0) is 16.0 Å². The molecule has 4 rings (SSSR count). The van der Waals surface area contributed by atoms with Gasteiger partial charge in [-0.25, -0.2) is 0 Å². The van der Waals surface area contributed by atoms with Crippen LogP contribution in [0.2, 0.25) is 0 Å². The van der Waals surface area contributed by atoms with Gasteiger partial charge in [0.25, 0.3) is 5.91 Å². The lowest BCUT2D eigenvalue weighted by Gasteiger charge is -2.27. The van der Waals surface area contributed by atoms with E-state index in [0.29, 0.717) is 17.2 Å². The van der Waals surface area contributed by atoms with E-state index in [1.807, 2.05) is 77.7 Å². The van der Waals surface area contributed by atoms with Crippen LogP contribution in [0.1, 0.15) is 29.8 Å². The fourth-order valence-corrected chi connectivity index (χ4v) is 4.95. The predicted octanol–water partition coefficient (Wildman–Crippen LogP) is 5.44. The summed E-state index contributed by atoms with van der Waals surface area (Å²) in [6.45, 7) is 2.07. The summed E-state index contributed by atoms with van der Waals surface area (Å²) in [7, 11) is 0. The zero-order valence-electron chi connectivity index (χ0n) is 18.0. The molecule has 3 aromatic rings. The number of benzene rings is 3. The molecule has 1 heterocycles. The van der Waals surface area contributed by atoms with Crippen molar-refractivity contribution in [1.29, 1.82) is 0 Å². The van der Waals surface area contributed by atoms with Gasteiger partial charge in [-0.05, 0) is 47.9 Å². The maximum Gasteiger partial charge on any atom is 0.262 e. The van der Waals surface area contributed by atoms with Gasteiger partial charge in [-0.3, -0.25) is 14.5 Å². The van der Waals surface area contributed by atoms with Crippen molar-refractivity contribution in [2.45, 2.75) is 25.1 Å². The van der Waals surface area contributed by atoms with E-state index in [2.05, 4.69) is 18.3 Å². The molecule has 2 amide bonds. The van der Waals surface area contributed by atoms with Crippen molar-refractivity contribution in [3.8, 4) is 5.75 Å². The van der Waals surface area contributed by atoms with E-state index in [1.54, 1.807) is 11.8 Å². The first-order valence-electron chi connectivity index (χ1n) is 10.7. The average molecular weight is 447 g/mol. The number of hydrogen-bond donors (Lipinski definition) is 1. The molecule has 0 unspecified atom stereocenters. The van der Waals surface area contributed by atoms with E-state index in [-0.39, 0.29) is 23.8 Å². The summed E-state index contributed by atoms with van der Waals surface area (Å²) in [5.74, 6) is 0.964. The van der Waals surface area contributed by atoms with Gasteiger partial charge in [-0.15, -0.1) is 11.8 Å². The van der Waals surface area contributed by atoms with Gasteiger partial charge in [-0.2, -0.15) is 0 Å². The van der Waals surface area contributed by atoms with Crippen molar-refractivity contribution in [3.05, 3.63) is 90.0 Å². The summed E-state index contributed by atoms with van der Waals surface area (Å²) in [5, 5.41) is 2.77. The Hall–Kier alpha value is -3.25. The van der Waals surface area contributed by atoms with Crippen LogP contribution >= 0.6 is 11.8 Å². The number of nitrogens with one attached hydrogen (secondary N) is 1. The molecule has 0 aromatic heterocycles. The highest BCUT2D eigenvalue weighted by Crippen LogP contribution is 2.43. The molecule has 0 aliphatic carbocycles. The lowest BCUT2D eigenvalue weighted by atomic mass is 10.1. The zero-order valence-corrected chi connectivity index (χ0v) is 18.8. The minimum atomic E-state index is -0.230. The minimum Gasteiger partial charge on any atom is -0.484 e. The molecule has 1 aliphatic rings. The van der Waals surface area contributed by atoms with Crippen LogP contribution in [0.3, 0.4) is 0 Å². The van der Waals surface area contributed by atoms with Gasteiger partial charge in [0.05, 0.1) is 5.75 Å². The number of aryl methyl sites for hydroxylation is 1. The highest BCUT2D eigenvalue weighted by Gasteiger charge is 2.35. The molecule has 3 aromatic carbocycles. The third kappa shape index (κ3) is 5.14. The number of hydrogen-bond acceptors (Lipinski definition) is 4. The normalized spacial score (nSPS) is 15.6. The molecule has 6 heteroatoms. The van der Waals surface area contributed by atoms with Crippen LogP contribution in [0.4, 0.5) is 11.4 Å². The van der Waals surface area contributed by atoms with Crippen molar-refractivity contribution >= 4 is 35.0 Å². The van der Waals surface area contributed by atoms with Gasteiger partial charge in [0.15, 0.2) is 6.61 Å². The summed E-state index contributed by atoms with van der Waals surface area (Å²) in [6.07, 6.45) is 1.94. The van der Waals surface area contributed by atoms with Crippen molar-refractivity contribution in [3.63, 3.8) is 0 Å². The maximum absolute atomic E-state index is 12.8. The van der Waals surface area contributed by atoms with Crippen LogP contribution in [0.5, 0.6) is 5.75 Å². The Morgan fingerprint density at radius 3 is 2.66 bits per heavy atom. The predicted molar refractivity (Wildman–Crippen MR) is 130 cm³/mol. The summed E-state index contributed by atoms with van der Waals surface area (Å²) < 4.78 is 5.53. The van der Waals surface area contributed by atoms with E-state index in [4.69, 9.17) is 4.74 Å². The first-order chi connectivity index (χ1) is 15.7. The number of para-hydroxylation sites is 2. The molecule has 0 spiro atoms. The Morgan fingerprint density at radius 1 is 1.06 bits per heavy atom. The first kappa shape index (κ1) is 22.0. The third-order valence-electron chi connectivity index (χ3n) is 5.21. The second-order valence-electron chi connectivity index (χ2n) is 7.58. The Morgan fingerprint density at radius 2 is 1.84 bits per heavy atom. The summed E-state index contributed by atoms with van der Waals surface area (Å²) in [6, 6.07) is 25.1. The molecule has 1 fully saturated rings. The fraction of sp³-hybridized carbons (Fsp3) is 0.231. The van der Waals surface area contributed by atoms with E-state index in [1.165, 1.54) is 5.56 Å². The van der Waals surface area contributed by atoms with Gasteiger partial charge in [0, 0.05) is 11.4 Å². The number of ether oxygens (including phenoxy) is 1. The number of amides is 2. The molecule has 0 radical (unpaired) electrons. The Kier molecular flexibility index (Phi) is 7.12. The number of rotatable bonds is 8. The lowest BCUT2D eigenvalue weighted by molar-refractivity contribution is -0.118. The standard InChI is InChI=1S/C26H26N2O3S/c1-2-9-19-10-6-7-15-23(19)28-25(30)18-32-26(28)20-11-8-12-21(16-20)27-24(29)17-31-22-13-4-3-5-14-22/h3-8,10-16,26H,2,9,17-18H2,1H3,(H,27,29)/t26-/m1/s1. The summed E-state index contributed by atoms with van der Waals surface area (Å²) in [4.78, 5) is 27.1. The average Bonchev–Trinajstić information content (AvgIpc) is 3.20. The molecule has 164 valence electrons. The Labute approximate surface area is 192 Å². The van der Waals surface area contributed by atoms with Gasteiger partial charge in [0.2, 0.25) is 5.91 Å². The second-order valence-corrected chi connectivity index (χ2v) is 8.65. The molecule has 1 atom stereocenters. The molecule has 0 saturated carbocycles. The number of carbonyl (C=O) groups excluding carboxylic acids is 2. The quantitative estimate of drug-likeness (QED) is 0.501. The molecule has 1 saturated heterocycles. The molecular formula is C26H26N2O3S. The molecule has 32 heavy (non-hydrogen) atoms. The SMILES string of the molecule is CCCc1ccccc1N1C(=O)CS[C@@H]1c1cccc(NC(=O)COc2ccccc2)c1. The van der Waals surface area contributed by atoms with E-state index >= 15 is 0 Å². The minimum absolute atomic E-state index is 0.0680. The fourth-order valence-electron chi connectivity index (χ4n) is 3.79. The van der Waals surface area contributed by atoms with Crippen LogP contribution in [0, 0.1) is 0 Å². The van der Waals surface area contributed by atoms with Crippen molar-refractivity contribution < 1.29 is 14.3 Å². The topological polar surface area (TPSA) is 58.6 Å². The number of anilines is 2. The Balaban J connectivity index is 1.49. The zero-order chi connectivity index (χ0) is 22.3. The van der Waals surface area contributed by atoms with Crippen LogP contribution in [-0.4, -0.2) is 24.2 Å². The summed E-state index contributed by atoms with van der Waals surface area (Å²) in [5.41, 5.74) is 3.82. The van der Waals surface area contributed by atoms with Gasteiger partial charge >= 0.3 is 0 Å². The van der Waals surface area contributed by atoms with Crippen molar-refractivity contribution in [2.75, 3.05) is 22.6 Å². The molecule has 5 nitrogen and oxygen atoms in total. The number of carbonyl (C=O) groups is 2. The van der Waals surface area contributed by atoms with Crippen molar-refractivity contribution in [1.82, 2.24) is 0 Å². The highest BCUT2D eigenvalue weighted by atomic mass is 32.2. The maximum atomic E-state index is 12.8. The van der Waals surface area contributed by atoms with E-state index in [9.17, 15) is 9.59 Å². The van der Waals surface area contributed by atoms with Crippen LogP contribution in [0.15, 0.2) is 78.9 Å². The van der Waals surface area contributed by atoms with Crippen LogP contribution < -0.4 is 15.0 Å². The largest absolute Gasteiger partial charge is 0.484 e. The second kappa shape index (κ2) is 10.4. The highest BCUT2D eigenvalue weighted by molar-refractivity contribution is 8.00. The summed E-state index contributed by atoms with van der Waals surface area (Å²) >= 11 is 1.61. The van der Waals surface area contributed by atoms with E-state index in [0.717, 1.165) is 24.1 Å². The van der Waals surface area contributed by atoms with E-state index < -0.39 is 0 Å². The third-order valence-corrected chi connectivity index (χ3v) is 6.42. The van der Waals surface area contributed by atoms with Gasteiger partial charge in [0.1, 0.15) is 11.1 Å². The lowest BCUT2D eigenvalue weighted by Crippen LogP contribution is -2.29. The van der Waals surface area contributed by atoms with Gasteiger partial charge < -0.3 is 10.1 Å². The number of thioether (sulfide) groups is 1. The van der Waals surface area contributed by atoms with Crippen molar-refractivity contribution in [2.24, 2.45) is 0 Å². The van der Waals surface area contributed by atoms with Crippen LogP contribution in [0.25, 0.3) is 0 Å².